The number of benzene rings is 1. The summed E-state index contributed by atoms with van der Waals surface area (Å²) in [5.74, 6) is 3.61. The molecule has 1 aliphatic rings. The van der Waals surface area contributed by atoms with Gasteiger partial charge in [-0.1, -0.05) is 50.6 Å². The fourth-order valence-corrected chi connectivity index (χ4v) is 2.44. The van der Waals surface area contributed by atoms with Crippen LogP contribution in [0.4, 0.5) is 0 Å². The van der Waals surface area contributed by atoms with Crippen LogP contribution >= 0.6 is 11.8 Å². The molecule has 0 radical (unpaired) electrons. The lowest BCUT2D eigenvalue weighted by Gasteiger charge is -2.17. The Morgan fingerprint density at radius 1 is 1.22 bits per heavy atom. The van der Waals surface area contributed by atoms with E-state index < -0.39 is 0 Å². The summed E-state index contributed by atoms with van der Waals surface area (Å²) < 4.78 is 0. The Morgan fingerprint density at radius 2 is 1.78 bits per heavy atom. The van der Waals surface area contributed by atoms with Crippen LogP contribution in [0.5, 0.6) is 0 Å². The van der Waals surface area contributed by atoms with E-state index >= 15 is 0 Å². The van der Waals surface area contributed by atoms with Gasteiger partial charge in [0.15, 0.2) is 0 Å². The van der Waals surface area contributed by atoms with Crippen LogP contribution in [0.15, 0.2) is 24.3 Å². The number of aryl methyl sites for hydroxylation is 1. The normalized spacial score (nSPS) is 14.4. The van der Waals surface area contributed by atoms with Gasteiger partial charge < -0.3 is 4.90 Å². The van der Waals surface area contributed by atoms with Gasteiger partial charge in [-0.05, 0) is 12.8 Å². The fraction of sp³-hybridized carbons (Fsp3) is 0.533. The van der Waals surface area contributed by atoms with Crippen molar-refractivity contribution in [2.45, 2.75) is 27.7 Å². The SMILES string of the molecule is CC(C)C.Cc1ccc(C(=N)N2CCSC2)cc1. The first-order valence-corrected chi connectivity index (χ1v) is 7.64. The predicted molar refractivity (Wildman–Crippen MR) is 82.6 cm³/mol. The van der Waals surface area contributed by atoms with Crippen LogP contribution in [0.3, 0.4) is 0 Å². The standard InChI is InChI=1S/C11H14N2S.C4H10/c1-9-2-4-10(5-3-9)11(12)13-6-7-14-8-13;1-4(2)3/h2-5,12H,6-8H2,1H3;4H,1-3H3. The summed E-state index contributed by atoms with van der Waals surface area (Å²) in [5.41, 5.74) is 2.27. The Labute approximate surface area is 115 Å². The molecule has 0 amide bonds. The summed E-state index contributed by atoms with van der Waals surface area (Å²) in [6, 6.07) is 8.18. The third-order valence-electron chi connectivity index (χ3n) is 2.39. The first kappa shape index (κ1) is 15.1. The topological polar surface area (TPSA) is 27.1 Å². The molecule has 100 valence electrons. The van der Waals surface area contributed by atoms with Crippen LogP contribution in [0, 0.1) is 18.3 Å². The van der Waals surface area contributed by atoms with E-state index in [0.717, 1.165) is 29.7 Å². The van der Waals surface area contributed by atoms with Crippen molar-refractivity contribution < 1.29 is 0 Å². The molecule has 1 aromatic rings. The smallest absolute Gasteiger partial charge is 0.128 e. The van der Waals surface area contributed by atoms with Gasteiger partial charge in [0.05, 0.1) is 5.88 Å². The second-order valence-corrected chi connectivity index (χ2v) is 6.32. The number of amidine groups is 1. The summed E-state index contributed by atoms with van der Waals surface area (Å²) in [6.45, 7) is 9.58. The van der Waals surface area contributed by atoms with Crippen molar-refractivity contribution in [3.63, 3.8) is 0 Å². The molecule has 2 nitrogen and oxygen atoms in total. The van der Waals surface area contributed by atoms with Crippen molar-refractivity contribution in [2.75, 3.05) is 18.2 Å². The third-order valence-corrected chi connectivity index (χ3v) is 3.36. The van der Waals surface area contributed by atoms with Crippen molar-refractivity contribution in [1.82, 2.24) is 4.90 Å². The highest BCUT2D eigenvalue weighted by Gasteiger charge is 2.16. The summed E-state index contributed by atoms with van der Waals surface area (Å²) >= 11 is 1.89. The largest absolute Gasteiger partial charge is 0.347 e. The molecule has 1 aromatic carbocycles. The van der Waals surface area contributed by atoms with Crippen LogP contribution in [0.1, 0.15) is 31.9 Å². The van der Waals surface area contributed by atoms with Crippen molar-refractivity contribution >= 4 is 17.6 Å². The van der Waals surface area contributed by atoms with E-state index in [1.807, 2.05) is 23.9 Å². The summed E-state index contributed by atoms with van der Waals surface area (Å²) in [7, 11) is 0. The first-order valence-electron chi connectivity index (χ1n) is 6.49. The molecule has 1 N–H and O–H groups in total. The molecule has 0 atom stereocenters. The van der Waals surface area contributed by atoms with Gasteiger partial charge in [-0.25, -0.2) is 0 Å². The van der Waals surface area contributed by atoms with Crippen LogP contribution in [0.2, 0.25) is 0 Å². The fourth-order valence-electron chi connectivity index (χ4n) is 1.48. The summed E-state index contributed by atoms with van der Waals surface area (Å²) in [5, 5.41) is 8.01. The molecule has 1 fully saturated rings. The van der Waals surface area contributed by atoms with Crippen molar-refractivity contribution in [1.29, 1.82) is 5.41 Å². The molecular formula is C15H24N2S. The van der Waals surface area contributed by atoms with E-state index in [9.17, 15) is 0 Å². The van der Waals surface area contributed by atoms with Gasteiger partial charge in [0.25, 0.3) is 0 Å². The quantitative estimate of drug-likeness (QED) is 0.613. The molecule has 1 heterocycles. The molecule has 0 spiro atoms. The Bertz CT molecular complexity index is 362. The molecule has 3 heteroatoms. The van der Waals surface area contributed by atoms with Gasteiger partial charge in [-0.15, -0.1) is 11.8 Å². The average molecular weight is 264 g/mol. The van der Waals surface area contributed by atoms with Gasteiger partial charge in [-0.2, -0.15) is 0 Å². The molecule has 18 heavy (non-hydrogen) atoms. The van der Waals surface area contributed by atoms with Crippen molar-refractivity contribution in [3.05, 3.63) is 35.4 Å². The van der Waals surface area contributed by atoms with Crippen LogP contribution < -0.4 is 0 Å². The molecule has 0 bridgehead atoms. The molecule has 0 aliphatic carbocycles. The molecule has 0 saturated carbocycles. The maximum atomic E-state index is 8.01. The predicted octanol–water partition coefficient (Wildman–Crippen LogP) is 3.99. The Morgan fingerprint density at radius 3 is 2.22 bits per heavy atom. The molecule has 1 aliphatic heterocycles. The van der Waals surface area contributed by atoms with Gasteiger partial charge in [0, 0.05) is 17.9 Å². The molecule has 2 rings (SSSR count). The highest BCUT2D eigenvalue weighted by Crippen LogP contribution is 2.16. The minimum absolute atomic E-state index is 0.662. The maximum Gasteiger partial charge on any atom is 0.128 e. The average Bonchev–Trinajstić information content (AvgIpc) is 2.81. The second-order valence-electron chi connectivity index (χ2n) is 5.25. The number of thioether (sulfide) groups is 1. The lowest BCUT2D eigenvalue weighted by Crippen LogP contribution is -2.27. The molecule has 1 saturated heterocycles. The number of hydrogen-bond acceptors (Lipinski definition) is 2. The zero-order chi connectivity index (χ0) is 13.5. The number of rotatable bonds is 1. The highest BCUT2D eigenvalue weighted by molar-refractivity contribution is 7.99. The number of nitrogens with zero attached hydrogens (tertiary/aromatic N) is 1. The van der Waals surface area contributed by atoms with Crippen LogP contribution in [0.25, 0.3) is 0 Å². The molecule has 0 aromatic heterocycles. The van der Waals surface area contributed by atoms with E-state index in [1.165, 1.54) is 5.56 Å². The summed E-state index contributed by atoms with van der Waals surface area (Å²) in [4.78, 5) is 2.12. The Hall–Kier alpha value is -0.960. The van der Waals surface area contributed by atoms with Gasteiger partial charge in [0.2, 0.25) is 0 Å². The summed E-state index contributed by atoms with van der Waals surface area (Å²) in [6.07, 6.45) is 0. The number of hydrogen-bond donors (Lipinski definition) is 1. The lowest BCUT2D eigenvalue weighted by atomic mass is 10.1. The van der Waals surface area contributed by atoms with E-state index in [0.29, 0.717) is 5.84 Å². The first-order chi connectivity index (χ1) is 8.50. The number of nitrogens with one attached hydrogen (secondary N) is 1. The highest BCUT2D eigenvalue weighted by atomic mass is 32.2. The van der Waals surface area contributed by atoms with E-state index in [-0.39, 0.29) is 0 Å². The van der Waals surface area contributed by atoms with E-state index in [1.54, 1.807) is 0 Å². The lowest BCUT2D eigenvalue weighted by molar-refractivity contribution is 0.540. The molecular weight excluding hydrogens is 240 g/mol. The minimum atomic E-state index is 0.662. The molecule has 0 unspecified atom stereocenters. The zero-order valence-electron chi connectivity index (χ0n) is 11.9. The Kier molecular flexibility index (Phi) is 6.27. The van der Waals surface area contributed by atoms with E-state index in [4.69, 9.17) is 5.41 Å². The minimum Gasteiger partial charge on any atom is -0.347 e. The Balaban J connectivity index is 0.000000357. The second kappa shape index (κ2) is 7.47. The van der Waals surface area contributed by atoms with Gasteiger partial charge in [0.1, 0.15) is 5.84 Å². The zero-order valence-corrected chi connectivity index (χ0v) is 12.7. The van der Waals surface area contributed by atoms with Crippen LogP contribution in [-0.4, -0.2) is 28.9 Å². The third kappa shape index (κ3) is 5.13. The van der Waals surface area contributed by atoms with Crippen molar-refractivity contribution in [2.24, 2.45) is 5.92 Å². The van der Waals surface area contributed by atoms with Crippen LogP contribution in [-0.2, 0) is 0 Å². The monoisotopic (exact) mass is 264 g/mol. The van der Waals surface area contributed by atoms with Gasteiger partial charge >= 0.3 is 0 Å². The van der Waals surface area contributed by atoms with Crippen molar-refractivity contribution in [3.8, 4) is 0 Å². The van der Waals surface area contributed by atoms with Gasteiger partial charge in [-0.3, -0.25) is 5.41 Å². The van der Waals surface area contributed by atoms with E-state index in [2.05, 4.69) is 44.7 Å². The maximum absolute atomic E-state index is 8.01.